The molecule has 6 nitrogen and oxygen atoms in total. The number of carbonyl (C=O) groups excluding carboxylic acids is 3. The molecule has 0 bridgehead atoms. The van der Waals surface area contributed by atoms with Gasteiger partial charge in [-0.05, 0) is 62.7 Å². The minimum Gasteiger partial charge on any atom is -0.452 e. The number of amides is 2. The number of aryl methyl sites for hydroxylation is 1. The first kappa shape index (κ1) is 21.1. The van der Waals surface area contributed by atoms with Crippen LogP contribution in [0.2, 0.25) is 0 Å². The number of esters is 1. The van der Waals surface area contributed by atoms with Crippen molar-refractivity contribution in [1.82, 2.24) is 4.90 Å². The molecule has 0 unspecified atom stereocenters. The first-order valence-corrected chi connectivity index (χ1v) is 8.98. The van der Waals surface area contributed by atoms with Gasteiger partial charge in [0.1, 0.15) is 5.82 Å². The highest BCUT2D eigenvalue weighted by molar-refractivity contribution is 5.97. The second-order valence-corrected chi connectivity index (χ2v) is 6.14. The molecule has 28 heavy (non-hydrogen) atoms. The molecule has 0 saturated carbocycles. The Balaban J connectivity index is 1.89. The van der Waals surface area contributed by atoms with Crippen LogP contribution in [0.3, 0.4) is 0 Å². The van der Waals surface area contributed by atoms with Crippen molar-refractivity contribution in [3.05, 3.63) is 65.0 Å². The highest BCUT2D eigenvalue weighted by atomic mass is 19.1. The summed E-state index contributed by atoms with van der Waals surface area (Å²) >= 11 is 0. The Morgan fingerprint density at radius 2 is 1.61 bits per heavy atom. The van der Waals surface area contributed by atoms with Crippen LogP contribution in [0, 0.1) is 12.7 Å². The van der Waals surface area contributed by atoms with Gasteiger partial charge in [0, 0.05) is 24.3 Å². The fraction of sp³-hybridized carbons (Fsp3) is 0.286. The largest absolute Gasteiger partial charge is 0.452 e. The van der Waals surface area contributed by atoms with Gasteiger partial charge in [0.25, 0.3) is 11.8 Å². The van der Waals surface area contributed by atoms with E-state index in [2.05, 4.69) is 5.32 Å². The monoisotopic (exact) mass is 386 g/mol. The van der Waals surface area contributed by atoms with Gasteiger partial charge < -0.3 is 15.0 Å². The smallest absolute Gasteiger partial charge is 0.338 e. The van der Waals surface area contributed by atoms with Crippen molar-refractivity contribution in [1.29, 1.82) is 0 Å². The summed E-state index contributed by atoms with van der Waals surface area (Å²) in [6.45, 7) is 6.12. The van der Waals surface area contributed by atoms with Gasteiger partial charge in [0.05, 0.1) is 5.56 Å². The number of hydrogen-bond donors (Lipinski definition) is 1. The fourth-order valence-electron chi connectivity index (χ4n) is 2.52. The molecule has 2 rings (SSSR count). The lowest BCUT2D eigenvalue weighted by molar-refractivity contribution is -0.119. The SMILES string of the molecule is CCN(CC)C(=O)c1ccc(NC(=O)COC(=O)c2ccc(C)c(F)c2)cc1. The van der Waals surface area contributed by atoms with Gasteiger partial charge >= 0.3 is 5.97 Å². The molecule has 0 radical (unpaired) electrons. The number of benzene rings is 2. The van der Waals surface area contributed by atoms with Gasteiger partial charge in [0.15, 0.2) is 6.61 Å². The van der Waals surface area contributed by atoms with E-state index in [0.29, 0.717) is 29.9 Å². The van der Waals surface area contributed by atoms with Gasteiger partial charge in [-0.1, -0.05) is 6.07 Å². The van der Waals surface area contributed by atoms with Crippen LogP contribution in [0.15, 0.2) is 42.5 Å². The van der Waals surface area contributed by atoms with E-state index in [1.807, 2.05) is 13.8 Å². The summed E-state index contributed by atoms with van der Waals surface area (Å²) in [5.41, 5.74) is 1.44. The van der Waals surface area contributed by atoms with Crippen LogP contribution in [-0.4, -0.2) is 42.4 Å². The van der Waals surface area contributed by atoms with E-state index in [1.54, 1.807) is 36.1 Å². The van der Waals surface area contributed by atoms with Crippen molar-refractivity contribution in [2.75, 3.05) is 25.0 Å². The topological polar surface area (TPSA) is 75.7 Å². The van der Waals surface area contributed by atoms with Gasteiger partial charge in [-0.15, -0.1) is 0 Å². The number of carbonyl (C=O) groups is 3. The van der Waals surface area contributed by atoms with Crippen LogP contribution >= 0.6 is 0 Å². The molecule has 0 aromatic heterocycles. The predicted molar refractivity (Wildman–Crippen MR) is 104 cm³/mol. The number of ether oxygens (including phenoxy) is 1. The average Bonchev–Trinajstić information content (AvgIpc) is 2.69. The highest BCUT2D eigenvalue weighted by Gasteiger charge is 2.14. The molecule has 0 fully saturated rings. The summed E-state index contributed by atoms with van der Waals surface area (Å²) in [6, 6.07) is 10.4. The lowest BCUT2D eigenvalue weighted by Crippen LogP contribution is -2.30. The molecule has 2 amide bonds. The summed E-state index contributed by atoms with van der Waals surface area (Å²) in [5.74, 6) is -1.92. The van der Waals surface area contributed by atoms with Crippen molar-refractivity contribution >= 4 is 23.5 Å². The van der Waals surface area contributed by atoms with Crippen LogP contribution in [-0.2, 0) is 9.53 Å². The Labute approximate surface area is 163 Å². The Morgan fingerprint density at radius 3 is 2.18 bits per heavy atom. The minimum atomic E-state index is -0.783. The molecule has 1 N–H and O–H groups in total. The maximum atomic E-state index is 13.5. The van der Waals surface area contributed by atoms with Crippen LogP contribution in [0.5, 0.6) is 0 Å². The van der Waals surface area contributed by atoms with Crippen LogP contribution in [0.1, 0.15) is 40.1 Å². The Bertz CT molecular complexity index is 861. The third-order valence-corrected chi connectivity index (χ3v) is 4.21. The zero-order chi connectivity index (χ0) is 20.7. The quantitative estimate of drug-likeness (QED) is 0.740. The molecule has 0 aliphatic rings. The van der Waals surface area contributed by atoms with Crippen LogP contribution in [0.4, 0.5) is 10.1 Å². The molecule has 0 heterocycles. The number of nitrogens with zero attached hydrogens (tertiary/aromatic N) is 1. The molecule has 148 valence electrons. The number of halogens is 1. The van der Waals surface area contributed by atoms with Crippen molar-refractivity contribution in [2.45, 2.75) is 20.8 Å². The van der Waals surface area contributed by atoms with Crippen LogP contribution < -0.4 is 5.32 Å². The normalized spacial score (nSPS) is 10.3. The van der Waals surface area contributed by atoms with Gasteiger partial charge in [-0.25, -0.2) is 9.18 Å². The molecule has 0 spiro atoms. The third-order valence-electron chi connectivity index (χ3n) is 4.21. The third kappa shape index (κ3) is 5.39. The second kappa shape index (κ2) is 9.64. The molecular weight excluding hydrogens is 363 g/mol. The Morgan fingerprint density at radius 1 is 1.00 bits per heavy atom. The van der Waals surface area contributed by atoms with E-state index in [4.69, 9.17) is 4.74 Å². The van der Waals surface area contributed by atoms with Gasteiger partial charge in [0.2, 0.25) is 0 Å². The second-order valence-electron chi connectivity index (χ2n) is 6.14. The lowest BCUT2D eigenvalue weighted by atomic mass is 10.1. The molecule has 7 heteroatoms. The predicted octanol–water partition coefficient (Wildman–Crippen LogP) is 3.41. The zero-order valence-electron chi connectivity index (χ0n) is 16.1. The number of rotatable bonds is 7. The first-order chi connectivity index (χ1) is 13.3. The number of anilines is 1. The molecule has 0 aliphatic heterocycles. The van der Waals surface area contributed by atoms with Gasteiger partial charge in [-0.3, -0.25) is 9.59 Å². The van der Waals surface area contributed by atoms with Crippen molar-refractivity contribution in [3.8, 4) is 0 Å². The van der Waals surface area contributed by atoms with E-state index >= 15 is 0 Å². The summed E-state index contributed by atoms with van der Waals surface area (Å²) in [6.07, 6.45) is 0. The van der Waals surface area contributed by atoms with Crippen LogP contribution in [0.25, 0.3) is 0 Å². The summed E-state index contributed by atoms with van der Waals surface area (Å²) in [5, 5.41) is 2.58. The summed E-state index contributed by atoms with van der Waals surface area (Å²) < 4.78 is 18.4. The fourth-order valence-corrected chi connectivity index (χ4v) is 2.52. The van der Waals surface area contributed by atoms with E-state index in [1.165, 1.54) is 12.1 Å². The molecule has 0 saturated heterocycles. The lowest BCUT2D eigenvalue weighted by Gasteiger charge is -2.18. The van der Waals surface area contributed by atoms with E-state index in [9.17, 15) is 18.8 Å². The van der Waals surface area contributed by atoms with Crippen molar-refractivity contribution in [3.63, 3.8) is 0 Å². The zero-order valence-corrected chi connectivity index (χ0v) is 16.1. The molecular formula is C21H23FN2O4. The standard InChI is InChI=1S/C21H23FN2O4/c1-4-24(5-2)20(26)15-8-10-17(11-9-15)23-19(25)13-28-21(27)16-7-6-14(3)18(22)12-16/h6-12H,4-5,13H2,1-3H3,(H,23,25). The highest BCUT2D eigenvalue weighted by Crippen LogP contribution is 2.13. The van der Waals surface area contributed by atoms with Crippen molar-refractivity contribution < 1.29 is 23.5 Å². The molecule has 0 atom stereocenters. The minimum absolute atomic E-state index is 0.0372. The molecule has 2 aromatic carbocycles. The van der Waals surface area contributed by atoms with Crippen molar-refractivity contribution in [2.24, 2.45) is 0 Å². The number of hydrogen-bond acceptors (Lipinski definition) is 4. The summed E-state index contributed by atoms with van der Waals surface area (Å²) in [7, 11) is 0. The summed E-state index contributed by atoms with van der Waals surface area (Å²) in [4.78, 5) is 37.8. The van der Waals surface area contributed by atoms with Gasteiger partial charge in [-0.2, -0.15) is 0 Å². The average molecular weight is 386 g/mol. The maximum Gasteiger partial charge on any atom is 0.338 e. The maximum absolute atomic E-state index is 13.5. The van der Waals surface area contributed by atoms with E-state index in [-0.39, 0.29) is 11.5 Å². The van der Waals surface area contributed by atoms with E-state index in [0.717, 1.165) is 6.07 Å². The van der Waals surface area contributed by atoms with E-state index < -0.39 is 24.3 Å². The Kier molecular flexibility index (Phi) is 7.26. The Hall–Kier alpha value is -3.22. The number of nitrogens with one attached hydrogen (secondary N) is 1. The first-order valence-electron chi connectivity index (χ1n) is 8.98. The molecule has 0 aliphatic carbocycles. The molecule has 2 aromatic rings.